The second-order valence-corrected chi connectivity index (χ2v) is 8.63. The molecule has 2 aromatic carbocycles. The van der Waals surface area contributed by atoms with E-state index in [0.717, 1.165) is 37.4 Å². The monoisotopic (exact) mass is 476 g/mol. The molecule has 0 saturated carbocycles. The topological polar surface area (TPSA) is 126 Å². The van der Waals surface area contributed by atoms with Crippen LogP contribution in [-0.2, 0) is 9.53 Å². The number of nitrogens with zero attached hydrogens (tertiary/aromatic N) is 3. The van der Waals surface area contributed by atoms with Crippen molar-refractivity contribution in [2.24, 2.45) is 16.5 Å². The summed E-state index contributed by atoms with van der Waals surface area (Å²) in [5.74, 6) is -0.495. The van der Waals surface area contributed by atoms with Crippen molar-refractivity contribution in [1.29, 1.82) is 0 Å². The van der Waals surface area contributed by atoms with Crippen molar-refractivity contribution >= 4 is 23.3 Å². The maximum atomic E-state index is 13.1. The molecule has 4 rings (SSSR count). The number of nitrogens with one attached hydrogen (secondary N) is 1. The number of carbonyl (C=O) groups excluding carboxylic acids is 2. The Balaban J connectivity index is 1.42. The zero-order chi connectivity index (χ0) is 24.8. The first-order chi connectivity index (χ1) is 17.0. The maximum absolute atomic E-state index is 13.1. The van der Waals surface area contributed by atoms with E-state index >= 15 is 0 Å². The lowest BCUT2D eigenvalue weighted by Crippen LogP contribution is -2.43. The molecule has 0 radical (unpaired) electrons. The number of amidine groups is 1. The van der Waals surface area contributed by atoms with Crippen molar-refractivity contribution in [2.75, 3.05) is 51.3 Å². The first-order valence-electron chi connectivity index (χ1n) is 11.8. The number of carbonyl (C=O) groups is 2. The summed E-state index contributed by atoms with van der Waals surface area (Å²) in [7, 11) is 1.51. The lowest BCUT2D eigenvalue weighted by Gasteiger charge is -2.31. The van der Waals surface area contributed by atoms with Crippen LogP contribution in [0.2, 0.25) is 0 Å². The molecule has 2 amide bonds. The smallest absolute Gasteiger partial charge is 0.278 e. The van der Waals surface area contributed by atoms with Crippen LogP contribution in [0.5, 0.6) is 0 Å². The molecule has 9 heteroatoms. The van der Waals surface area contributed by atoms with Crippen molar-refractivity contribution < 1.29 is 14.3 Å². The van der Waals surface area contributed by atoms with E-state index in [1.54, 1.807) is 17.0 Å². The fraction of sp³-hybridized carbons (Fsp3) is 0.346. The third-order valence-electron chi connectivity index (χ3n) is 6.38. The molecular formula is C26H32N6O3. The van der Waals surface area contributed by atoms with Crippen LogP contribution in [0.1, 0.15) is 28.4 Å². The van der Waals surface area contributed by atoms with E-state index in [0.29, 0.717) is 29.8 Å². The third-order valence-corrected chi connectivity index (χ3v) is 6.38. The number of methoxy groups -OCH3 is 1. The van der Waals surface area contributed by atoms with Gasteiger partial charge in [-0.2, -0.15) is 4.99 Å². The highest BCUT2D eigenvalue weighted by molar-refractivity contribution is 6.09. The van der Waals surface area contributed by atoms with E-state index in [1.165, 1.54) is 7.11 Å². The molecule has 0 bridgehead atoms. The number of amides is 2. The van der Waals surface area contributed by atoms with E-state index in [4.69, 9.17) is 16.2 Å². The van der Waals surface area contributed by atoms with E-state index in [1.807, 2.05) is 42.5 Å². The number of aliphatic imine (C=N–C) groups is 1. The number of piperazine rings is 1. The van der Waals surface area contributed by atoms with Gasteiger partial charge in [0.2, 0.25) is 0 Å². The van der Waals surface area contributed by atoms with Gasteiger partial charge in [0.15, 0.2) is 6.10 Å². The molecule has 2 heterocycles. The van der Waals surface area contributed by atoms with Gasteiger partial charge in [0.25, 0.3) is 11.8 Å². The number of ether oxygens (including phenoxy) is 1. The van der Waals surface area contributed by atoms with Gasteiger partial charge in [-0.05, 0) is 36.2 Å². The molecule has 0 aromatic heterocycles. The molecule has 0 spiro atoms. The Morgan fingerprint density at radius 3 is 2.34 bits per heavy atom. The second-order valence-electron chi connectivity index (χ2n) is 8.63. The van der Waals surface area contributed by atoms with Crippen molar-refractivity contribution in [3.63, 3.8) is 0 Å². The Hall–Kier alpha value is -3.69. The molecule has 1 saturated heterocycles. The molecule has 1 unspecified atom stereocenters. The first kappa shape index (κ1) is 24.4. The van der Waals surface area contributed by atoms with Crippen LogP contribution in [-0.4, -0.2) is 68.9 Å². The highest BCUT2D eigenvalue weighted by Gasteiger charge is 2.29. The van der Waals surface area contributed by atoms with Gasteiger partial charge in [0.1, 0.15) is 5.84 Å². The van der Waals surface area contributed by atoms with Gasteiger partial charge >= 0.3 is 0 Å². The fourth-order valence-electron chi connectivity index (χ4n) is 4.42. The minimum atomic E-state index is -0.706. The molecular weight excluding hydrogens is 444 g/mol. The van der Waals surface area contributed by atoms with E-state index in [2.05, 4.69) is 15.2 Å². The highest BCUT2D eigenvalue weighted by Crippen LogP contribution is 2.23. The van der Waals surface area contributed by atoms with Crippen molar-refractivity contribution in [3.8, 4) is 0 Å². The number of hydrogen-bond acceptors (Lipinski definition) is 6. The molecule has 2 aromatic rings. The molecule has 0 aliphatic carbocycles. The van der Waals surface area contributed by atoms with E-state index < -0.39 is 12.0 Å². The summed E-state index contributed by atoms with van der Waals surface area (Å²) >= 11 is 0. The summed E-state index contributed by atoms with van der Waals surface area (Å²) in [6, 6.07) is 16.7. The largest absolute Gasteiger partial charge is 0.400 e. The number of benzene rings is 2. The van der Waals surface area contributed by atoms with Crippen LogP contribution in [0.25, 0.3) is 0 Å². The number of anilines is 1. The quantitative estimate of drug-likeness (QED) is 0.425. The summed E-state index contributed by atoms with van der Waals surface area (Å²) in [5, 5.41) is 3.33. The predicted molar refractivity (Wildman–Crippen MR) is 136 cm³/mol. The summed E-state index contributed by atoms with van der Waals surface area (Å²) in [6.45, 7) is 4.36. The summed E-state index contributed by atoms with van der Waals surface area (Å²) in [6.07, 6.45) is -0.296. The predicted octanol–water partition coefficient (Wildman–Crippen LogP) is 1.43. The van der Waals surface area contributed by atoms with Gasteiger partial charge in [0.05, 0.1) is 6.54 Å². The van der Waals surface area contributed by atoms with Gasteiger partial charge in [-0.3, -0.25) is 9.59 Å². The van der Waals surface area contributed by atoms with Gasteiger partial charge in [-0.1, -0.05) is 30.3 Å². The van der Waals surface area contributed by atoms with Crippen LogP contribution < -0.4 is 21.7 Å². The minimum absolute atomic E-state index is 0.0946. The normalized spacial score (nSPS) is 17.9. The van der Waals surface area contributed by atoms with Crippen LogP contribution in [0.4, 0.5) is 5.69 Å². The molecule has 184 valence electrons. The third kappa shape index (κ3) is 5.70. The zero-order valence-corrected chi connectivity index (χ0v) is 19.9. The Bertz CT molecular complexity index is 1110. The SMILES string of the molecule is COC(C(=O)N1CCC(C(N)=NC(=O)c2ccc(N3CCNCC3)cc2)=C(N)C1)c1ccccc1. The molecule has 5 N–H and O–H groups in total. The molecule has 1 atom stereocenters. The zero-order valence-electron chi connectivity index (χ0n) is 19.9. The highest BCUT2D eigenvalue weighted by atomic mass is 16.5. The van der Waals surface area contributed by atoms with E-state index in [9.17, 15) is 9.59 Å². The van der Waals surface area contributed by atoms with E-state index in [-0.39, 0.29) is 18.3 Å². The van der Waals surface area contributed by atoms with Gasteiger partial charge in [-0.15, -0.1) is 0 Å². The molecule has 2 aliphatic heterocycles. The lowest BCUT2D eigenvalue weighted by atomic mass is 10.0. The fourth-order valence-corrected chi connectivity index (χ4v) is 4.42. The summed E-state index contributed by atoms with van der Waals surface area (Å²) in [5.41, 5.74) is 15.8. The Kier molecular flexibility index (Phi) is 7.79. The van der Waals surface area contributed by atoms with Crippen LogP contribution in [0.15, 0.2) is 70.9 Å². The van der Waals surface area contributed by atoms with Gasteiger partial charge < -0.3 is 31.3 Å². The molecule has 1 fully saturated rings. The number of nitrogens with two attached hydrogens (primary N) is 2. The minimum Gasteiger partial charge on any atom is -0.400 e. The van der Waals surface area contributed by atoms with Gasteiger partial charge in [0, 0.05) is 62.4 Å². The maximum Gasteiger partial charge on any atom is 0.278 e. The van der Waals surface area contributed by atoms with Crippen LogP contribution in [0, 0.1) is 0 Å². The second kappa shape index (κ2) is 11.2. The average molecular weight is 477 g/mol. The molecule has 2 aliphatic rings. The number of hydrogen-bond donors (Lipinski definition) is 3. The first-order valence-corrected chi connectivity index (χ1v) is 11.8. The Morgan fingerprint density at radius 1 is 1.03 bits per heavy atom. The Labute approximate surface area is 205 Å². The lowest BCUT2D eigenvalue weighted by molar-refractivity contribution is -0.142. The van der Waals surface area contributed by atoms with Crippen molar-refractivity contribution in [1.82, 2.24) is 10.2 Å². The molecule has 35 heavy (non-hydrogen) atoms. The van der Waals surface area contributed by atoms with Crippen molar-refractivity contribution in [2.45, 2.75) is 12.5 Å². The summed E-state index contributed by atoms with van der Waals surface area (Å²) < 4.78 is 5.46. The standard InChI is InChI=1S/C26H32N6O3/c1-35-23(18-5-3-2-4-6-18)26(34)32-14-11-21(22(27)17-32)24(28)30-25(33)19-7-9-20(10-8-19)31-15-12-29-13-16-31/h2-10,23,29H,11-17,27H2,1H3,(H2,28,30,33). The van der Waals surface area contributed by atoms with Crippen LogP contribution in [0.3, 0.4) is 0 Å². The van der Waals surface area contributed by atoms with Crippen LogP contribution >= 0.6 is 0 Å². The molecule has 9 nitrogen and oxygen atoms in total. The van der Waals surface area contributed by atoms with Crippen molar-refractivity contribution in [3.05, 3.63) is 77.0 Å². The number of rotatable bonds is 6. The average Bonchev–Trinajstić information content (AvgIpc) is 2.90. The van der Waals surface area contributed by atoms with Gasteiger partial charge in [-0.25, -0.2) is 0 Å². The summed E-state index contributed by atoms with van der Waals surface area (Å²) in [4.78, 5) is 33.8. The Morgan fingerprint density at radius 2 is 1.71 bits per heavy atom.